The van der Waals surface area contributed by atoms with Crippen LogP contribution in [0.5, 0.6) is 5.75 Å². The van der Waals surface area contributed by atoms with Crippen LogP contribution in [-0.2, 0) is 9.53 Å². The summed E-state index contributed by atoms with van der Waals surface area (Å²) in [7, 11) is 0. The Balaban J connectivity index is 2.45. The van der Waals surface area contributed by atoms with E-state index in [1.165, 1.54) is 0 Å². The first-order valence-corrected chi connectivity index (χ1v) is 6.94. The van der Waals surface area contributed by atoms with Crippen molar-refractivity contribution in [1.82, 2.24) is 5.32 Å². The van der Waals surface area contributed by atoms with Crippen LogP contribution in [0.2, 0.25) is 0 Å². The van der Waals surface area contributed by atoms with Gasteiger partial charge in [-0.3, -0.25) is 10.1 Å². The molecule has 0 radical (unpaired) electrons. The lowest BCUT2D eigenvalue weighted by atomic mass is 10.2. The molecule has 0 aliphatic heterocycles. The van der Waals surface area contributed by atoms with E-state index in [-0.39, 0.29) is 12.5 Å². The molecular weight excluding hydrogens is 272 g/mol. The average molecular weight is 294 g/mol. The van der Waals surface area contributed by atoms with E-state index in [2.05, 4.69) is 10.6 Å². The van der Waals surface area contributed by atoms with E-state index >= 15 is 0 Å². The number of anilines is 1. The third-order valence-corrected chi connectivity index (χ3v) is 2.43. The Morgan fingerprint density at radius 1 is 1.29 bits per heavy atom. The van der Waals surface area contributed by atoms with Crippen molar-refractivity contribution in [1.29, 1.82) is 0 Å². The second-order valence-electron chi connectivity index (χ2n) is 4.86. The number of hydrogen-bond donors (Lipinski definition) is 2. The van der Waals surface area contributed by atoms with Crippen molar-refractivity contribution in [3.05, 3.63) is 24.3 Å². The molecule has 1 rings (SSSR count). The maximum atomic E-state index is 11.5. The highest BCUT2D eigenvalue weighted by Gasteiger charge is 2.06. The Labute approximate surface area is 124 Å². The average Bonchev–Trinajstić information content (AvgIpc) is 2.43. The molecule has 0 aromatic heterocycles. The van der Waals surface area contributed by atoms with E-state index < -0.39 is 6.09 Å². The first-order valence-electron chi connectivity index (χ1n) is 6.94. The molecule has 0 aliphatic rings. The van der Waals surface area contributed by atoms with Gasteiger partial charge in [0.05, 0.1) is 6.61 Å². The van der Waals surface area contributed by atoms with Crippen molar-refractivity contribution in [2.75, 3.05) is 25.1 Å². The highest BCUT2D eigenvalue weighted by Crippen LogP contribution is 2.17. The van der Waals surface area contributed by atoms with Gasteiger partial charge in [0.1, 0.15) is 5.75 Å². The van der Waals surface area contributed by atoms with E-state index in [1.807, 2.05) is 13.8 Å². The Hall–Kier alpha value is -2.24. The van der Waals surface area contributed by atoms with Gasteiger partial charge in [-0.05, 0) is 25.0 Å². The van der Waals surface area contributed by atoms with Gasteiger partial charge in [0, 0.05) is 18.3 Å². The standard InChI is InChI=1S/C15H22N2O4/c1-4-20-15(19)17-12-6-5-7-13(8-12)21-10-14(18)16-9-11(2)3/h5-8,11H,4,9-10H2,1-3H3,(H,16,18)(H,17,19). The Morgan fingerprint density at radius 2 is 2.05 bits per heavy atom. The van der Waals surface area contributed by atoms with Crippen LogP contribution in [-0.4, -0.2) is 31.8 Å². The predicted octanol–water partition coefficient (Wildman–Crippen LogP) is 2.41. The number of hydrogen-bond acceptors (Lipinski definition) is 4. The summed E-state index contributed by atoms with van der Waals surface area (Å²) in [5.74, 6) is 0.725. The quantitative estimate of drug-likeness (QED) is 0.809. The fourth-order valence-corrected chi connectivity index (χ4v) is 1.47. The van der Waals surface area contributed by atoms with Gasteiger partial charge in [0.2, 0.25) is 0 Å². The topological polar surface area (TPSA) is 76.7 Å². The van der Waals surface area contributed by atoms with E-state index in [1.54, 1.807) is 31.2 Å². The number of carbonyl (C=O) groups excluding carboxylic acids is 2. The van der Waals surface area contributed by atoms with Gasteiger partial charge in [-0.15, -0.1) is 0 Å². The van der Waals surface area contributed by atoms with Crippen LogP contribution >= 0.6 is 0 Å². The number of rotatable bonds is 7. The van der Waals surface area contributed by atoms with Crippen molar-refractivity contribution < 1.29 is 19.1 Å². The molecule has 0 heterocycles. The zero-order chi connectivity index (χ0) is 15.7. The molecule has 2 amide bonds. The van der Waals surface area contributed by atoms with Crippen LogP contribution < -0.4 is 15.4 Å². The predicted molar refractivity (Wildman–Crippen MR) is 80.4 cm³/mol. The van der Waals surface area contributed by atoms with Gasteiger partial charge >= 0.3 is 6.09 Å². The monoisotopic (exact) mass is 294 g/mol. The van der Waals surface area contributed by atoms with Crippen molar-refractivity contribution in [2.24, 2.45) is 5.92 Å². The minimum absolute atomic E-state index is 0.0599. The number of benzene rings is 1. The fourth-order valence-electron chi connectivity index (χ4n) is 1.47. The summed E-state index contributed by atoms with van der Waals surface area (Å²) >= 11 is 0. The lowest BCUT2D eigenvalue weighted by Crippen LogP contribution is -2.31. The van der Waals surface area contributed by atoms with Gasteiger partial charge in [-0.2, -0.15) is 0 Å². The molecule has 0 bridgehead atoms. The second kappa shape index (κ2) is 8.84. The van der Waals surface area contributed by atoms with E-state index in [9.17, 15) is 9.59 Å². The molecule has 0 aliphatic carbocycles. The molecule has 0 saturated carbocycles. The SMILES string of the molecule is CCOC(=O)Nc1cccc(OCC(=O)NCC(C)C)c1. The van der Waals surface area contributed by atoms with Crippen LogP contribution in [0.1, 0.15) is 20.8 Å². The fraction of sp³-hybridized carbons (Fsp3) is 0.467. The van der Waals surface area contributed by atoms with Crippen LogP contribution in [0.15, 0.2) is 24.3 Å². The maximum absolute atomic E-state index is 11.5. The zero-order valence-electron chi connectivity index (χ0n) is 12.6. The van der Waals surface area contributed by atoms with Crippen molar-refractivity contribution in [3.63, 3.8) is 0 Å². The number of nitrogens with one attached hydrogen (secondary N) is 2. The Bertz CT molecular complexity index is 474. The van der Waals surface area contributed by atoms with Gasteiger partial charge in [-0.1, -0.05) is 19.9 Å². The zero-order valence-corrected chi connectivity index (χ0v) is 12.6. The molecule has 6 nitrogen and oxygen atoms in total. The molecule has 0 atom stereocenters. The highest BCUT2D eigenvalue weighted by atomic mass is 16.5. The molecule has 0 fully saturated rings. The van der Waals surface area contributed by atoms with Crippen LogP contribution in [0.4, 0.5) is 10.5 Å². The second-order valence-corrected chi connectivity index (χ2v) is 4.86. The normalized spacial score (nSPS) is 10.1. The van der Waals surface area contributed by atoms with E-state index in [0.29, 0.717) is 30.5 Å². The summed E-state index contributed by atoms with van der Waals surface area (Å²) in [4.78, 5) is 22.8. The lowest BCUT2D eigenvalue weighted by molar-refractivity contribution is -0.123. The summed E-state index contributed by atoms with van der Waals surface area (Å²) in [5, 5.41) is 5.33. The van der Waals surface area contributed by atoms with Gasteiger partial charge in [0.15, 0.2) is 6.61 Å². The Kier molecular flexibility index (Phi) is 7.08. The molecule has 2 N–H and O–H groups in total. The highest BCUT2D eigenvalue weighted by molar-refractivity contribution is 5.84. The number of ether oxygens (including phenoxy) is 2. The molecule has 0 spiro atoms. The van der Waals surface area contributed by atoms with Crippen molar-refractivity contribution in [2.45, 2.75) is 20.8 Å². The summed E-state index contributed by atoms with van der Waals surface area (Å²) < 4.78 is 10.2. The third kappa shape index (κ3) is 7.20. The lowest BCUT2D eigenvalue weighted by Gasteiger charge is -2.10. The van der Waals surface area contributed by atoms with Crippen LogP contribution in [0.25, 0.3) is 0 Å². The maximum Gasteiger partial charge on any atom is 0.411 e. The molecule has 0 saturated heterocycles. The van der Waals surface area contributed by atoms with Gasteiger partial charge in [0.25, 0.3) is 5.91 Å². The Morgan fingerprint density at radius 3 is 2.71 bits per heavy atom. The van der Waals surface area contributed by atoms with Crippen molar-refractivity contribution >= 4 is 17.7 Å². The third-order valence-electron chi connectivity index (χ3n) is 2.43. The minimum atomic E-state index is -0.524. The number of carbonyl (C=O) groups is 2. The summed E-state index contributed by atoms with van der Waals surface area (Å²) in [6, 6.07) is 6.78. The summed E-state index contributed by atoms with van der Waals surface area (Å²) in [6.45, 7) is 6.63. The molecule has 1 aromatic rings. The first-order chi connectivity index (χ1) is 10.0. The van der Waals surface area contributed by atoms with Crippen molar-refractivity contribution in [3.8, 4) is 5.75 Å². The summed E-state index contributed by atoms with van der Waals surface area (Å²) in [5.41, 5.74) is 0.550. The smallest absolute Gasteiger partial charge is 0.411 e. The van der Waals surface area contributed by atoms with Gasteiger partial charge < -0.3 is 14.8 Å². The molecule has 6 heteroatoms. The van der Waals surface area contributed by atoms with E-state index in [4.69, 9.17) is 9.47 Å². The number of amides is 2. The largest absolute Gasteiger partial charge is 0.484 e. The van der Waals surface area contributed by atoms with Crippen LogP contribution in [0.3, 0.4) is 0 Å². The molecule has 1 aromatic carbocycles. The minimum Gasteiger partial charge on any atom is -0.484 e. The van der Waals surface area contributed by atoms with E-state index in [0.717, 1.165) is 0 Å². The first kappa shape index (κ1) is 16.8. The van der Waals surface area contributed by atoms with Gasteiger partial charge in [-0.25, -0.2) is 4.79 Å². The van der Waals surface area contributed by atoms with Crippen LogP contribution in [0, 0.1) is 5.92 Å². The molecule has 21 heavy (non-hydrogen) atoms. The molecule has 116 valence electrons. The summed E-state index contributed by atoms with van der Waals surface area (Å²) in [6.07, 6.45) is -0.524. The molecule has 0 unspecified atom stereocenters. The molecular formula is C15H22N2O4.